The van der Waals surface area contributed by atoms with Crippen molar-refractivity contribution in [3.63, 3.8) is 0 Å². The lowest BCUT2D eigenvalue weighted by atomic mass is 10.2. The zero-order chi connectivity index (χ0) is 8.27. The number of nitrogens with two attached hydrogens (primary N) is 1. The number of hydrogen-bond donors (Lipinski definition) is 3. The van der Waals surface area contributed by atoms with E-state index in [9.17, 15) is 0 Å². The molecule has 0 bridgehead atoms. The predicted molar refractivity (Wildman–Crippen MR) is 49.8 cm³/mol. The molecule has 1 aromatic carbocycles. The summed E-state index contributed by atoms with van der Waals surface area (Å²) < 4.78 is 0. The van der Waals surface area contributed by atoms with Gasteiger partial charge in [0.25, 0.3) is 0 Å². The molecule has 0 radical (unpaired) electrons. The number of benzene rings is 1. The molecule has 0 heterocycles. The van der Waals surface area contributed by atoms with Crippen LogP contribution in [0.4, 0.5) is 0 Å². The van der Waals surface area contributed by atoms with E-state index in [4.69, 9.17) is 15.9 Å². The van der Waals surface area contributed by atoms with E-state index in [-0.39, 0.29) is 23.9 Å². The Bertz CT molecular complexity index is 253. The molecule has 12 heavy (non-hydrogen) atoms. The van der Waals surface area contributed by atoms with Crippen LogP contribution in [0.3, 0.4) is 0 Å². The van der Waals surface area contributed by atoms with Gasteiger partial charge in [0.15, 0.2) is 11.5 Å². The highest BCUT2D eigenvalue weighted by Crippen LogP contribution is 2.24. The van der Waals surface area contributed by atoms with Crippen LogP contribution in [0.25, 0.3) is 0 Å². The first kappa shape index (κ1) is 11.1. The van der Waals surface area contributed by atoms with Gasteiger partial charge in [-0.1, -0.05) is 6.07 Å². The highest BCUT2D eigenvalue weighted by atomic mass is 35.5. The molecule has 68 valence electrons. The summed E-state index contributed by atoms with van der Waals surface area (Å²) in [4.78, 5) is 0. The zero-order valence-electron chi connectivity index (χ0n) is 6.53. The van der Waals surface area contributed by atoms with Crippen molar-refractivity contribution in [3.05, 3.63) is 23.8 Å². The molecule has 0 unspecified atom stereocenters. The minimum absolute atomic E-state index is 0. The second-order valence-electron chi connectivity index (χ2n) is 2.36. The molecular formula is C8H12ClNO2. The highest BCUT2D eigenvalue weighted by Gasteiger charge is 1.98. The van der Waals surface area contributed by atoms with Gasteiger partial charge in [-0.05, 0) is 30.7 Å². The molecule has 0 amide bonds. The maximum Gasteiger partial charge on any atom is 0.157 e. The second-order valence-corrected chi connectivity index (χ2v) is 2.36. The largest absolute Gasteiger partial charge is 0.504 e. The Hall–Kier alpha value is -0.930. The molecule has 0 atom stereocenters. The van der Waals surface area contributed by atoms with Crippen LogP contribution in [0.15, 0.2) is 18.2 Å². The summed E-state index contributed by atoms with van der Waals surface area (Å²) in [5.74, 6) is -0.179. The lowest BCUT2D eigenvalue weighted by Gasteiger charge is -2.00. The summed E-state index contributed by atoms with van der Waals surface area (Å²) in [5, 5.41) is 18.0. The van der Waals surface area contributed by atoms with E-state index in [1.165, 1.54) is 12.1 Å². The first-order chi connectivity index (χ1) is 5.24. The van der Waals surface area contributed by atoms with Gasteiger partial charge < -0.3 is 15.9 Å². The van der Waals surface area contributed by atoms with Crippen LogP contribution in [-0.4, -0.2) is 16.8 Å². The van der Waals surface area contributed by atoms with Crippen molar-refractivity contribution in [1.82, 2.24) is 0 Å². The Balaban J connectivity index is 0.00000121. The van der Waals surface area contributed by atoms with Crippen molar-refractivity contribution in [2.45, 2.75) is 6.42 Å². The number of rotatable bonds is 2. The number of halogens is 1. The summed E-state index contributed by atoms with van der Waals surface area (Å²) in [5.41, 5.74) is 6.24. The van der Waals surface area contributed by atoms with Gasteiger partial charge in [-0.3, -0.25) is 0 Å². The van der Waals surface area contributed by atoms with E-state index in [0.717, 1.165) is 5.56 Å². The number of phenols is 2. The predicted octanol–water partition coefficient (Wildman–Crippen LogP) is 1.02. The molecule has 0 saturated carbocycles. The van der Waals surface area contributed by atoms with Crippen LogP contribution in [0.5, 0.6) is 11.5 Å². The van der Waals surface area contributed by atoms with Crippen LogP contribution in [-0.2, 0) is 6.42 Å². The number of phenolic OH excluding ortho intramolecular Hbond substituents is 2. The van der Waals surface area contributed by atoms with Crippen molar-refractivity contribution in [2.24, 2.45) is 5.73 Å². The minimum Gasteiger partial charge on any atom is -0.504 e. The van der Waals surface area contributed by atoms with E-state index >= 15 is 0 Å². The average molecular weight is 192 g/mol. The van der Waals surface area contributed by atoms with Gasteiger partial charge in [-0.25, -0.2) is 0 Å². The Morgan fingerprint density at radius 1 is 1.17 bits per heavy atom. The van der Waals surface area contributed by atoms with Gasteiger partial charge in [0.1, 0.15) is 0 Å². The molecule has 0 saturated heterocycles. The third-order valence-electron chi connectivity index (χ3n) is 1.47. The van der Waals surface area contributed by atoms with E-state index < -0.39 is 0 Å². The Morgan fingerprint density at radius 2 is 1.83 bits per heavy atom. The topological polar surface area (TPSA) is 66.5 Å². The fourth-order valence-corrected chi connectivity index (χ4v) is 0.891. The Labute approximate surface area is 77.2 Å². The van der Waals surface area contributed by atoms with Gasteiger partial charge in [0, 0.05) is 0 Å². The van der Waals surface area contributed by atoms with Gasteiger partial charge in [0.2, 0.25) is 0 Å². The lowest BCUT2D eigenvalue weighted by molar-refractivity contribution is 0.403. The molecule has 0 aliphatic carbocycles. The van der Waals surface area contributed by atoms with Gasteiger partial charge in [-0.2, -0.15) is 0 Å². The minimum atomic E-state index is -0.0919. The van der Waals surface area contributed by atoms with Gasteiger partial charge in [0.05, 0.1) is 0 Å². The van der Waals surface area contributed by atoms with Crippen molar-refractivity contribution in [1.29, 1.82) is 0 Å². The summed E-state index contributed by atoms with van der Waals surface area (Å²) in [6, 6.07) is 4.71. The molecule has 0 spiro atoms. The SMILES string of the molecule is Cl.[15NH2][13CH2]Cc1ccc(O)c(O)c1. The summed E-state index contributed by atoms with van der Waals surface area (Å²) in [6.45, 7) is 0.546. The lowest BCUT2D eigenvalue weighted by Crippen LogP contribution is -2.02. The fourth-order valence-electron chi connectivity index (χ4n) is 0.891. The molecule has 1 rings (SSSR count). The summed E-state index contributed by atoms with van der Waals surface area (Å²) in [6.07, 6.45) is 0.716. The molecule has 0 aliphatic heterocycles. The summed E-state index contributed by atoms with van der Waals surface area (Å²) >= 11 is 0. The van der Waals surface area contributed by atoms with Gasteiger partial charge >= 0.3 is 0 Å². The van der Waals surface area contributed by atoms with E-state index in [1.54, 1.807) is 6.07 Å². The molecule has 4 heteroatoms. The zero-order valence-corrected chi connectivity index (χ0v) is 7.34. The molecule has 1 aromatic rings. The molecule has 4 N–H and O–H groups in total. The third kappa shape index (κ3) is 2.60. The average Bonchev–Trinajstić information content (AvgIpc) is 1.98. The van der Waals surface area contributed by atoms with Gasteiger partial charge in [-0.15, -0.1) is 12.4 Å². The van der Waals surface area contributed by atoms with Crippen LogP contribution in [0.1, 0.15) is 5.56 Å². The normalized spacial score (nSPS) is 9.08. The quantitative estimate of drug-likeness (QED) is 0.372. The Morgan fingerprint density at radius 3 is 2.33 bits per heavy atom. The van der Waals surface area contributed by atoms with Crippen LogP contribution >= 0.6 is 12.4 Å². The molecule has 0 aromatic heterocycles. The second kappa shape index (κ2) is 4.85. The molecule has 3 nitrogen and oxygen atoms in total. The maximum atomic E-state index is 9.04. The van der Waals surface area contributed by atoms with E-state index in [1.807, 2.05) is 0 Å². The van der Waals surface area contributed by atoms with Crippen molar-refractivity contribution in [2.75, 3.05) is 6.54 Å². The van der Waals surface area contributed by atoms with Crippen molar-refractivity contribution < 1.29 is 10.2 Å². The third-order valence-corrected chi connectivity index (χ3v) is 1.47. The van der Waals surface area contributed by atoms with Crippen molar-refractivity contribution in [3.8, 4) is 11.5 Å². The maximum absolute atomic E-state index is 9.04. The highest BCUT2D eigenvalue weighted by molar-refractivity contribution is 5.85. The van der Waals surface area contributed by atoms with Crippen LogP contribution < -0.4 is 5.73 Å². The van der Waals surface area contributed by atoms with Crippen LogP contribution in [0.2, 0.25) is 0 Å². The molecular weight excluding hydrogens is 180 g/mol. The summed E-state index contributed by atoms with van der Waals surface area (Å²) in [7, 11) is 0. The molecule has 0 aliphatic rings. The first-order valence-electron chi connectivity index (χ1n) is 3.45. The molecule has 0 fully saturated rings. The van der Waals surface area contributed by atoms with Crippen LogP contribution in [0, 0.1) is 0 Å². The monoisotopic (exact) mass is 191 g/mol. The van der Waals surface area contributed by atoms with E-state index in [2.05, 4.69) is 0 Å². The van der Waals surface area contributed by atoms with E-state index in [0.29, 0.717) is 13.0 Å². The number of aromatic hydroxyl groups is 2. The standard InChI is InChI=1S/C8H11NO2.ClH/c9-4-3-6-1-2-7(10)8(11)5-6;/h1-2,5,10-11H,3-4,9H2;1H/i4+1,9+1;. The van der Waals surface area contributed by atoms with Crippen molar-refractivity contribution >= 4 is 12.4 Å². The smallest absolute Gasteiger partial charge is 0.157 e. The fraction of sp³-hybridized carbons (Fsp3) is 0.250. The number of hydrogen-bond acceptors (Lipinski definition) is 3. The Kier molecular flexibility index (Phi) is 4.47. The first-order valence-corrected chi connectivity index (χ1v) is 3.45.